The van der Waals surface area contributed by atoms with Gasteiger partial charge in [-0.1, -0.05) is 31.2 Å². The Kier molecular flexibility index (Phi) is 4.97. The zero-order valence-electron chi connectivity index (χ0n) is 9.49. The summed E-state index contributed by atoms with van der Waals surface area (Å²) in [5.41, 5.74) is 7.18. The smallest absolute Gasteiger partial charge is 0.393 e. The zero-order chi connectivity index (χ0) is 11.3. The highest BCUT2D eigenvalue weighted by molar-refractivity contribution is 6.61. The van der Waals surface area contributed by atoms with Gasteiger partial charge in [-0.3, -0.25) is 0 Å². The molecular formula is C11H18NO2Si. The molecule has 0 aliphatic carbocycles. The van der Waals surface area contributed by atoms with Crippen LogP contribution in [0.4, 0.5) is 0 Å². The zero-order valence-corrected chi connectivity index (χ0v) is 10.5. The maximum absolute atomic E-state index is 6.05. The molecule has 83 valence electrons. The highest BCUT2D eigenvalue weighted by Crippen LogP contribution is 2.12. The van der Waals surface area contributed by atoms with Gasteiger partial charge in [-0.15, -0.1) is 0 Å². The van der Waals surface area contributed by atoms with Gasteiger partial charge in [-0.2, -0.15) is 0 Å². The Morgan fingerprint density at radius 2 is 1.87 bits per heavy atom. The average molecular weight is 224 g/mol. The van der Waals surface area contributed by atoms with Gasteiger partial charge in [0.05, 0.1) is 0 Å². The lowest BCUT2D eigenvalue weighted by atomic mass is 10.1. The summed E-state index contributed by atoms with van der Waals surface area (Å²) in [6.45, 7) is 2.08. The van der Waals surface area contributed by atoms with Crippen LogP contribution in [0.5, 0.6) is 0 Å². The first-order chi connectivity index (χ1) is 7.24. The molecule has 0 aromatic heterocycles. The van der Waals surface area contributed by atoms with Crippen LogP contribution < -0.4 is 10.9 Å². The molecule has 0 fully saturated rings. The molecule has 2 N–H and O–H groups in total. The molecule has 3 nitrogen and oxygen atoms in total. The van der Waals surface area contributed by atoms with E-state index in [2.05, 4.69) is 6.92 Å². The van der Waals surface area contributed by atoms with E-state index in [4.69, 9.17) is 14.6 Å². The Bertz CT molecular complexity index is 302. The molecular weight excluding hydrogens is 206 g/mol. The lowest BCUT2D eigenvalue weighted by molar-refractivity contribution is 0.291. The molecule has 0 heterocycles. The van der Waals surface area contributed by atoms with Gasteiger partial charge in [0, 0.05) is 25.4 Å². The second-order valence-electron chi connectivity index (χ2n) is 3.30. The summed E-state index contributed by atoms with van der Waals surface area (Å²) in [6, 6.07) is 8.13. The van der Waals surface area contributed by atoms with Crippen molar-refractivity contribution in [1.29, 1.82) is 0 Å². The summed E-state index contributed by atoms with van der Waals surface area (Å²) in [4.78, 5) is 0. The van der Waals surface area contributed by atoms with Gasteiger partial charge in [0.15, 0.2) is 0 Å². The third-order valence-corrected chi connectivity index (χ3v) is 4.03. The summed E-state index contributed by atoms with van der Waals surface area (Å²) in [6.07, 6.45) is 0.916. The molecule has 0 spiro atoms. The summed E-state index contributed by atoms with van der Waals surface area (Å²) in [5, 5.41) is 1.11. The van der Waals surface area contributed by atoms with Crippen LogP contribution in [0.3, 0.4) is 0 Å². The lowest BCUT2D eigenvalue weighted by Gasteiger charge is -2.17. The number of benzene rings is 1. The molecule has 1 rings (SSSR count). The van der Waals surface area contributed by atoms with Crippen molar-refractivity contribution >= 4 is 14.5 Å². The van der Waals surface area contributed by atoms with Gasteiger partial charge >= 0.3 is 9.28 Å². The molecule has 1 aromatic carbocycles. The van der Waals surface area contributed by atoms with E-state index in [9.17, 15) is 0 Å². The van der Waals surface area contributed by atoms with E-state index >= 15 is 0 Å². The normalized spacial score (nSPS) is 13.1. The topological polar surface area (TPSA) is 44.5 Å². The van der Waals surface area contributed by atoms with Crippen LogP contribution in [0, 0.1) is 0 Å². The first-order valence-electron chi connectivity index (χ1n) is 5.04. The fraction of sp³-hybridized carbons (Fsp3) is 0.455. The second kappa shape index (κ2) is 6.02. The molecule has 1 radical (unpaired) electrons. The van der Waals surface area contributed by atoms with E-state index in [1.165, 1.54) is 0 Å². The minimum atomic E-state index is -1.37. The van der Waals surface area contributed by atoms with E-state index in [1.807, 2.05) is 24.3 Å². The van der Waals surface area contributed by atoms with Crippen LogP contribution in [-0.4, -0.2) is 23.5 Å². The molecule has 0 saturated heterocycles. The third kappa shape index (κ3) is 2.88. The highest BCUT2D eigenvalue weighted by Gasteiger charge is 2.21. The molecule has 15 heavy (non-hydrogen) atoms. The van der Waals surface area contributed by atoms with Crippen molar-refractivity contribution in [2.45, 2.75) is 19.4 Å². The Balaban J connectivity index is 3.04. The van der Waals surface area contributed by atoms with Gasteiger partial charge in [0.25, 0.3) is 0 Å². The molecule has 0 bridgehead atoms. The summed E-state index contributed by atoms with van der Waals surface area (Å²) in [7, 11) is 1.98. The van der Waals surface area contributed by atoms with Crippen LogP contribution in [0.2, 0.25) is 0 Å². The van der Waals surface area contributed by atoms with Crippen LogP contribution in [-0.2, 0) is 8.85 Å². The summed E-state index contributed by atoms with van der Waals surface area (Å²) >= 11 is 0. The molecule has 1 atom stereocenters. The molecule has 1 aromatic rings. The quantitative estimate of drug-likeness (QED) is 0.761. The molecule has 4 heteroatoms. The number of rotatable bonds is 5. The third-order valence-electron chi connectivity index (χ3n) is 2.39. The van der Waals surface area contributed by atoms with E-state index in [-0.39, 0.29) is 6.04 Å². The maximum atomic E-state index is 6.05. The summed E-state index contributed by atoms with van der Waals surface area (Å²) in [5.74, 6) is 0. The highest BCUT2D eigenvalue weighted by atomic mass is 28.3. The number of hydrogen-bond donors (Lipinski definition) is 1. The molecule has 1 unspecified atom stereocenters. The SMILES string of the molecule is CCC(N)c1ccccc1[Si](OC)OC. The fourth-order valence-corrected chi connectivity index (χ4v) is 2.87. The maximum Gasteiger partial charge on any atom is 0.423 e. The van der Waals surface area contributed by atoms with Gasteiger partial charge in [0.1, 0.15) is 0 Å². The van der Waals surface area contributed by atoms with Gasteiger partial charge < -0.3 is 14.6 Å². The predicted molar refractivity (Wildman–Crippen MR) is 63.1 cm³/mol. The predicted octanol–water partition coefficient (Wildman–Crippen LogP) is 1.08. The van der Waals surface area contributed by atoms with Gasteiger partial charge in [0.2, 0.25) is 0 Å². The van der Waals surface area contributed by atoms with Crippen molar-refractivity contribution in [2.24, 2.45) is 5.73 Å². The van der Waals surface area contributed by atoms with Crippen molar-refractivity contribution < 1.29 is 8.85 Å². The van der Waals surface area contributed by atoms with Crippen LogP contribution in [0.25, 0.3) is 0 Å². The van der Waals surface area contributed by atoms with Gasteiger partial charge in [-0.25, -0.2) is 0 Å². The van der Waals surface area contributed by atoms with Crippen LogP contribution in [0.1, 0.15) is 24.9 Å². The molecule has 0 aliphatic rings. The van der Waals surface area contributed by atoms with E-state index < -0.39 is 9.28 Å². The van der Waals surface area contributed by atoms with Crippen LogP contribution in [0.15, 0.2) is 24.3 Å². The van der Waals surface area contributed by atoms with E-state index in [1.54, 1.807) is 14.2 Å². The Labute approximate surface area is 93.0 Å². The monoisotopic (exact) mass is 224 g/mol. The van der Waals surface area contributed by atoms with Crippen molar-refractivity contribution in [3.63, 3.8) is 0 Å². The van der Waals surface area contributed by atoms with Crippen molar-refractivity contribution in [1.82, 2.24) is 0 Å². The largest absolute Gasteiger partial charge is 0.423 e. The number of nitrogens with two attached hydrogens (primary N) is 1. The Hall–Kier alpha value is -0.683. The minimum Gasteiger partial charge on any atom is -0.393 e. The average Bonchev–Trinajstić information content (AvgIpc) is 2.30. The fourth-order valence-electron chi connectivity index (χ4n) is 1.53. The Morgan fingerprint density at radius 1 is 1.27 bits per heavy atom. The lowest BCUT2D eigenvalue weighted by Crippen LogP contribution is -2.39. The van der Waals surface area contributed by atoms with E-state index in [0.29, 0.717) is 0 Å². The van der Waals surface area contributed by atoms with Crippen molar-refractivity contribution in [3.8, 4) is 0 Å². The van der Waals surface area contributed by atoms with E-state index in [0.717, 1.165) is 17.2 Å². The minimum absolute atomic E-state index is 0.0616. The standard InChI is InChI=1S/C11H18NO2Si/c1-4-10(12)9-7-5-6-8-11(9)15(13-2)14-3/h5-8,10H,4,12H2,1-3H3. The second-order valence-corrected chi connectivity index (χ2v) is 5.23. The van der Waals surface area contributed by atoms with Crippen LogP contribution >= 0.6 is 0 Å². The van der Waals surface area contributed by atoms with Gasteiger partial charge in [-0.05, 0) is 12.0 Å². The first-order valence-corrected chi connectivity index (χ1v) is 6.36. The summed E-state index contributed by atoms with van der Waals surface area (Å²) < 4.78 is 10.7. The van der Waals surface area contributed by atoms with Crippen molar-refractivity contribution in [2.75, 3.05) is 14.2 Å². The molecule has 0 saturated carbocycles. The molecule has 0 aliphatic heterocycles. The van der Waals surface area contributed by atoms with Crippen molar-refractivity contribution in [3.05, 3.63) is 29.8 Å². The molecule has 0 amide bonds. The Morgan fingerprint density at radius 3 is 2.40 bits per heavy atom. The first kappa shape index (κ1) is 12.4. The number of hydrogen-bond acceptors (Lipinski definition) is 3.